The van der Waals surface area contributed by atoms with E-state index in [0.29, 0.717) is 19.2 Å². The molecular formula is C18H27F3N3O3S+. The van der Waals surface area contributed by atoms with Gasteiger partial charge in [-0.3, -0.25) is 4.79 Å². The van der Waals surface area contributed by atoms with Crippen LogP contribution in [0.2, 0.25) is 0 Å². The van der Waals surface area contributed by atoms with Crippen LogP contribution in [0.3, 0.4) is 0 Å². The highest BCUT2D eigenvalue weighted by atomic mass is 32.2. The van der Waals surface area contributed by atoms with Crippen molar-refractivity contribution >= 4 is 15.9 Å². The Morgan fingerprint density at radius 2 is 1.75 bits per heavy atom. The van der Waals surface area contributed by atoms with Gasteiger partial charge in [-0.2, -0.15) is 17.5 Å². The molecule has 0 spiro atoms. The average Bonchev–Trinajstić information content (AvgIpc) is 2.59. The van der Waals surface area contributed by atoms with Gasteiger partial charge in [0.1, 0.15) is 0 Å². The highest BCUT2D eigenvalue weighted by Crippen LogP contribution is 2.31. The summed E-state index contributed by atoms with van der Waals surface area (Å²) in [5.41, 5.74) is -1.36. The van der Waals surface area contributed by atoms with Crippen molar-refractivity contribution in [1.29, 1.82) is 0 Å². The topological polar surface area (TPSA) is 70.9 Å². The second kappa shape index (κ2) is 8.00. The van der Waals surface area contributed by atoms with Crippen molar-refractivity contribution in [2.75, 3.05) is 26.2 Å². The molecule has 1 amide bonds. The first-order chi connectivity index (χ1) is 12.7. The number of nitrogens with zero attached hydrogens (tertiary/aromatic N) is 1. The van der Waals surface area contributed by atoms with Gasteiger partial charge in [0.25, 0.3) is 5.91 Å². The van der Waals surface area contributed by atoms with Crippen LogP contribution in [0.1, 0.15) is 33.3 Å². The van der Waals surface area contributed by atoms with Crippen LogP contribution < -0.4 is 10.2 Å². The lowest BCUT2D eigenvalue weighted by atomic mass is 10.1. The summed E-state index contributed by atoms with van der Waals surface area (Å²) in [5, 5.41) is 2.91. The minimum atomic E-state index is -4.61. The third-order valence-corrected chi connectivity index (χ3v) is 6.56. The Hall–Kier alpha value is -1.65. The summed E-state index contributed by atoms with van der Waals surface area (Å²) < 4.78 is 65.3. The lowest BCUT2D eigenvalue weighted by Gasteiger charge is -2.35. The molecule has 0 saturated carbocycles. The number of alkyl halides is 3. The Kier molecular flexibility index (Phi) is 6.47. The van der Waals surface area contributed by atoms with Crippen molar-refractivity contribution in [2.45, 2.75) is 50.3 Å². The first-order valence-corrected chi connectivity index (χ1v) is 10.5. The molecule has 0 radical (unpaired) electrons. The zero-order valence-corrected chi connectivity index (χ0v) is 17.2. The smallest absolute Gasteiger partial charge is 0.346 e. The van der Waals surface area contributed by atoms with Crippen LogP contribution in [0.15, 0.2) is 29.2 Å². The Morgan fingerprint density at radius 1 is 1.18 bits per heavy atom. The zero-order valence-electron chi connectivity index (χ0n) is 16.4. The summed E-state index contributed by atoms with van der Waals surface area (Å²) in [6.45, 7) is 8.51. The van der Waals surface area contributed by atoms with Gasteiger partial charge in [-0.15, -0.1) is 0 Å². The summed E-state index contributed by atoms with van der Waals surface area (Å²) in [6.07, 6.45) is -4.61. The van der Waals surface area contributed by atoms with Gasteiger partial charge in [-0.1, -0.05) is 6.07 Å². The SMILES string of the molecule is C[C@@H](C(=O)NC(C)(C)C)[NH+]1CCN(S(=O)(=O)c2cccc(C(F)(F)F)c2)CC1. The van der Waals surface area contributed by atoms with Crippen molar-refractivity contribution in [2.24, 2.45) is 0 Å². The zero-order chi connectivity index (χ0) is 21.3. The molecule has 6 nitrogen and oxygen atoms in total. The molecule has 2 rings (SSSR count). The molecule has 10 heteroatoms. The third-order valence-electron chi connectivity index (χ3n) is 4.67. The predicted octanol–water partition coefficient (Wildman–Crippen LogP) is 0.898. The van der Waals surface area contributed by atoms with E-state index in [-0.39, 0.29) is 35.5 Å². The molecule has 28 heavy (non-hydrogen) atoms. The number of hydrogen-bond acceptors (Lipinski definition) is 3. The lowest BCUT2D eigenvalue weighted by molar-refractivity contribution is -0.917. The molecule has 1 saturated heterocycles. The number of sulfonamides is 1. The van der Waals surface area contributed by atoms with Gasteiger partial charge in [0.15, 0.2) is 6.04 Å². The van der Waals surface area contributed by atoms with Crippen LogP contribution in [-0.2, 0) is 21.0 Å². The molecule has 1 aromatic rings. The number of halogens is 3. The number of carbonyl (C=O) groups is 1. The fourth-order valence-electron chi connectivity index (χ4n) is 3.09. The molecule has 1 aliphatic heterocycles. The van der Waals surface area contributed by atoms with Crippen LogP contribution in [0.25, 0.3) is 0 Å². The van der Waals surface area contributed by atoms with Gasteiger partial charge in [0.2, 0.25) is 10.0 Å². The Morgan fingerprint density at radius 3 is 2.25 bits per heavy atom. The van der Waals surface area contributed by atoms with Gasteiger partial charge in [0, 0.05) is 5.54 Å². The van der Waals surface area contributed by atoms with E-state index in [1.165, 1.54) is 10.4 Å². The summed E-state index contributed by atoms with van der Waals surface area (Å²) >= 11 is 0. The van der Waals surface area contributed by atoms with E-state index in [2.05, 4.69) is 5.32 Å². The molecule has 0 bridgehead atoms. The molecule has 0 aromatic heterocycles. The fourth-order valence-corrected chi connectivity index (χ4v) is 4.58. The normalized spacial score (nSPS) is 18.7. The van der Waals surface area contributed by atoms with Crippen molar-refractivity contribution in [1.82, 2.24) is 9.62 Å². The van der Waals surface area contributed by atoms with Crippen molar-refractivity contribution in [3.05, 3.63) is 29.8 Å². The van der Waals surface area contributed by atoms with E-state index in [9.17, 15) is 26.4 Å². The van der Waals surface area contributed by atoms with Crippen molar-refractivity contribution in [3.8, 4) is 0 Å². The van der Waals surface area contributed by atoms with Crippen LogP contribution in [0.4, 0.5) is 13.2 Å². The summed E-state index contributed by atoms with van der Waals surface area (Å²) in [6, 6.07) is 3.42. The first kappa shape index (κ1) is 22.6. The summed E-state index contributed by atoms with van der Waals surface area (Å²) in [7, 11) is -4.02. The first-order valence-electron chi connectivity index (χ1n) is 9.06. The summed E-state index contributed by atoms with van der Waals surface area (Å²) in [5.74, 6) is -0.114. The van der Waals surface area contributed by atoms with Gasteiger partial charge in [0.05, 0.1) is 36.6 Å². The minimum Gasteiger partial charge on any atom is -0.346 e. The van der Waals surface area contributed by atoms with Gasteiger partial charge < -0.3 is 10.2 Å². The summed E-state index contributed by atoms with van der Waals surface area (Å²) in [4.78, 5) is 12.9. The number of nitrogens with one attached hydrogen (secondary N) is 2. The minimum absolute atomic E-state index is 0.114. The molecule has 1 fully saturated rings. The van der Waals surface area contributed by atoms with Gasteiger partial charge in [-0.05, 0) is 45.9 Å². The molecule has 1 atom stereocenters. The van der Waals surface area contributed by atoms with Gasteiger partial charge in [-0.25, -0.2) is 8.42 Å². The Bertz CT molecular complexity index is 811. The van der Waals surface area contributed by atoms with E-state index < -0.39 is 21.8 Å². The van der Waals surface area contributed by atoms with Gasteiger partial charge >= 0.3 is 6.18 Å². The number of amides is 1. The second-order valence-electron chi connectivity index (χ2n) is 8.05. The maximum absolute atomic E-state index is 12.9. The highest BCUT2D eigenvalue weighted by molar-refractivity contribution is 7.89. The quantitative estimate of drug-likeness (QED) is 0.758. The number of hydrogen-bond donors (Lipinski definition) is 2. The monoisotopic (exact) mass is 422 g/mol. The Balaban J connectivity index is 2.07. The molecule has 0 aliphatic carbocycles. The molecular weight excluding hydrogens is 395 g/mol. The standard InChI is InChI=1S/C18H26F3N3O3S/c1-13(16(25)22-17(2,3)4)23-8-10-24(11-9-23)28(26,27)15-7-5-6-14(12-15)18(19,20)21/h5-7,12-13H,8-11H2,1-4H3,(H,22,25)/p+1/t13-/m0/s1. The van der Waals surface area contributed by atoms with E-state index in [1.807, 2.05) is 20.8 Å². The van der Waals surface area contributed by atoms with E-state index in [1.54, 1.807) is 6.92 Å². The molecule has 2 N–H and O–H groups in total. The maximum atomic E-state index is 12.9. The van der Waals surface area contributed by atoms with E-state index in [0.717, 1.165) is 17.0 Å². The predicted molar refractivity (Wildman–Crippen MR) is 98.3 cm³/mol. The van der Waals surface area contributed by atoms with E-state index in [4.69, 9.17) is 0 Å². The number of rotatable bonds is 4. The van der Waals surface area contributed by atoms with Crippen molar-refractivity contribution in [3.63, 3.8) is 0 Å². The number of carbonyl (C=O) groups excluding carboxylic acids is 1. The Labute approximate surface area is 163 Å². The average molecular weight is 422 g/mol. The molecule has 0 unspecified atom stereocenters. The van der Waals surface area contributed by atoms with Crippen LogP contribution in [0, 0.1) is 0 Å². The number of piperazine rings is 1. The van der Waals surface area contributed by atoms with Crippen molar-refractivity contribution < 1.29 is 31.3 Å². The molecule has 1 heterocycles. The molecule has 1 aliphatic rings. The second-order valence-corrected chi connectivity index (χ2v) is 9.99. The van der Waals surface area contributed by atoms with E-state index >= 15 is 0 Å². The van der Waals surface area contributed by atoms with Crippen LogP contribution in [0.5, 0.6) is 0 Å². The largest absolute Gasteiger partial charge is 0.416 e. The third kappa shape index (κ3) is 5.45. The maximum Gasteiger partial charge on any atom is 0.416 e. The molecule has 158 valence electrons. The van der Waals surface area contributed by atoms with Crippen LogP contribution in [-0.4, -0.2) is 56.4 Å². The molecule has 1 aromatic carbocycles. The fraction of sp³-hybridized carbons (Fsp3) is 0.611. The number of quaternary nitrogens is 1. The lowest BCUT2D eigenvalue weighted by Crippen LogP contribution is -3.19. The number of benzene rings is 1. The highest BCUT2D eigenvalue weighted by Gasteiger charge is 2.37. The van der Waals surface area contributed by atoms with Crippen LogP contribution >= 0.6 is 0 Å².